The summed E-state index contributed by atoms with van der Waals surface area (Å²) in [5.74, 6) is 1.62. The van der Waals surface area contributed by atoms with E-state index in [-0.39, 0.29) is 0 Å². The number of hydrogen-bond donors (Lipinski definition) is 0. The van der Waals surface area contributed by atoms with E-state index in [9.17, 15) is 0 Å². The molecule has 4 aromatic carbocycles. The number of rotatable bonds is 7. The number of halogens is 1. The van der Waals surface area contributed by atoms with Gasteiger partial charge in [-0.3, -0.25) is 0 Å². The van der Waals surface area contributed by atoms with Crippen LogP contribution in [0, 0.1) is 3.57 Å². The lowest BCUT2D eigenvalue weighted by molar-refractivity contribution is 0.660. The standard InChI is InChI=1S/C18H17IN2.C13H13B/c19-17-9-5-4-8-16(17)14-18-20-11-13-21(18)12-10-15-6-2-1-3-7-15;14-13(11-7-3-1-4-8-11)12-9-5-2-6-10-12/h1-9,11,13H,10,12,14H2;1-10,13H,14H2. The van der Waals surface area contributed by atoms with Gasteiger partial charge in [-0.2, -0.15) is 0 Å². The van der Waals surface area contributed by atoms with E-state index in [1.807, 2.05) is 6.20 Å². The van der Waals surface area contributed by atoms with Gasteiger partial charge < -0.3 is 4.57 Å². The van der Waals surface area contributed by atoms with Gasteiger partial charge in [-0.15, -0.1) is 0 Å². The van der Waals surface area contributed by atoms with Crippen LogP contribution >= 0.6 is 22.6 Å². The van der Waals surface area contributed by atoms with Gasteiger partial charge in [0.2, 0.25) is 0 Å². The number of aryl methyl sites for hydroxylation is 2. The molecule has 0 aliphatic heterocycles. The van der Waals surface area contributed by atoms with Crippen molar-refractivity contribution < 1.29 is 0 Å². The predicted molar refractivity (Wildman–Crippen MR) is 158 cm³/mol. The summed E-state index contributed by atoms with van der Waals surface area (Å²) >= 11 is 2.39. The summed E-state index contributed by atoms with van der Waals surface area (Å²) in [6, 6.07) is 40.3. The van der Waals surface area contributed by atoms with Gasteiger partial charge in [-0.05, 0) is 63.1 Å². The average molecular weight is 568 g/mol. The third-order valence-electron chi connectivity index (χ3n) is 6.19. The molecule has 0 atom stereocenters. The quantitative estimate of drug-likeness (QED) is 0.157. The second-order valence-corrected chi connectivity index (χ2v) is 9.75. The summed E-state index contributed by atoms with van der Waals surface area (Å²) in [6.07, 6.45) is 5.90. The fraction of sp³-hybridized carbons (Fsp3) is 0.129. The summed E-state index contributed by atoms with van der Waals surface area (Å²) in [4.78, 5) is 4.52. The van der Waals surface area contributed by atoms with E-state index < -0.39 is 0 Å². The lowest BCUT2D eigenvalue weighted by atomic mass is 9.76. The highest BCUT2D eigenvalue weighted by Gasteiger charge is 2.07. The molecule has 35 heavy (non-hydrogen) atoms. The van der Waals surface area contributed by atoms with Gasteiger partial charge in [-0.25, -0.2) is 4.98 Å². The van der Waals surface area contributed by atoms with E-state index in [2.05, 4.69) is 161 Å². The van der Waals surface area contributed by atoms with Crippen molar-refractivity contribution in [1.29, 1.82) is 0 Å². The molecule has 0 spiro atoms. The fourth-order valence-electron chi connectivity index (χ4n) is 4.09. The minimum Gasteiger partial charge on any atom is -0.334 e. The van der Waals surface area contributed by atoms with Crippen LogP contribution in [0.3, 0.4) is 0 Å². The second-order valence-electron chi connectivity index (χ2n) is 8.58. The molecule has 5 aromatic rings. The van der Waals surface area contributed by atoms with Crippen LogP contribution in [0.15, 0.2) is 128 Å². The van der Waals surface area contributed by atoms with Crippen molar-refractivity contribution in [3.05, 3.63) is 159 Å². The van der Waals surface area contributed by atoms with E-state index in [0.717, 1.165) is 25.2 Å². The molecule has 0 aliphatic rings. The molecule has 0 radical (unpaired) electrons. The van der Waals surface area contributed by atoms with Crippen molar-refractivity contribution in [3.63, 3.8) is 0 Å². The summed E-state index contributed by atoms with van der Waals surface area (Å²) < 4.78 is 3.56. The lowest BCUT2D eigenvalue weighted by Crippen LogP contribution is -2.06. The molecule has 0 saturated carbocycles. The van der Waals surface area contributed by atoms with Crippen LogP contribution in [0.1, 0.15) is 33.9 Å². The van der Waals surface area contributed by atoms with Crippen molar-refractivity contribution in [3.8, 4) is 0 Å². The Labute approximate surface area is 223 Å². The van der Waals surface area contributed by atoms with E-state index in [4.69, 9.17) is 0 Å². The molecule has 174 valence electrons. The molecular weight excluding hydrogens is 538 g/mol. The van der Waals surface area contributed by atoms with Crippen molar-refractivity contribution in [2.75, 3.05) is 0 Å². The Balaban J connectivity index is 0.000000179. The molecule has 0 aliphatic carbocycles. The Kier molecular flexibility index (Phi) is 9.36. The molecule has 2 nitrogen and oxygen atoms in total. The van der Waals surface area contributed by atoms with Crippen LogP contribution in [0.2, 0.25) is 0 Å². The first-order valence-corrected chi connectivity index (χ1v) is 13.2. The maximum absolute atomic E-state index is 4.52. The molecule has 0 fully saturated rings. The van der Waals surface area contributed by atoms with Gasteiger partial charge in [0, 0.05) is 28.9 Å². The first kappa shape index (κ1) is 25.0. The van der Waals surface area contributed by atoms with E-state index in [1.54, 1.807) is 0 Å². The fourth-order valence-corrected chi connectivity index (χ4v) is 4.67. The summed E-state index contributed by atoms with van der Waals surface area (Å²) in [6.45, 7) is 0.975. The van der Waals surface area contributed by atoms with Gasteiger partial charge >= 0.3 is 0 Å². The molecule has 0 saturated heterocycles. The highest BCUT2D eigenvalue weighted by Crippen LogP contribution is 2.20. The smallest absolute Gasteiger partial charge is 0.116 e. The first-order valence-electron chi connectivity index (χ1n) is 12.1. The zero-order chi connectivity index (χ0) is 24.3. The number of imidazole rings is 1. The molecule has 5 rings (SSSR count). The summed E-state index contributed by atoms with van der Waals surface area (Å²) in [5.41, 5.74) is 5.45. The van der Waals surface area contributed by atoms with Gasteiger partial charge in [0.25, 0.3) is 0 Å². The van der Waals surface area contributed by atoms with Crippen LogP contribution in [0.4, 0.5) is 0 Å². The highest BCUT2D eigenvalue weighted by atomic mass is 127. The third kappa shape index (κ3) is 7.43. The van der Waals surface area contributed by atoms with Gasteiger partial charge in [0.15, 0.2) is 0 Å². The van der Waals surface area contributed by atoms with E-state index in [1.165, 1.54) is 25.8 Å². The second kappa shape index (κ2) is 13.1. The number of aromatic nitrogens is 2. The Morgan fingerprint density at radius 3 is 1.86 bits per heavy atom. The molecule has 0 unspecified atom stereocenters. The monoisotopic (exact) mass is 568 g/mol. The van der Waals surface area contributed by atoms with Gasteiger partial charge in [0.1, 0.15) is 13.7 Å². The largest absolute Gasteiger partial charge is 0.334 e. The minimum atomic E-state index is 0.484. The molecule has 0 bridgehead atoms. The Bertz CT molecular complexity index is 1250. The van der Waals surface area contributed by atoms with E-state index >= 15 is 0 Å². The molecule has 1 aromatic heterocycles. The topological polar surface area (TPSA) is 17.8 Å². The van der Waals surface area contributed by atoms with Crippen molar-refractivity contribution >= 4 is 30.4 Å². The maximum atomic E-state index is 4.52. The molecule has 0 amide bonds. The number of nitrogens with zero attached hydrogens (tertiary/aromatic N) is 2. The summed E-state index contributed by atoms with van der Waals surface area (Å²) in [5, 5.41) is 0. The highest BCUT2D eigenvalue weighted by molar-refractivity contribution is 14.1. The Morgan fingerprint density at radius 2 is 1.26 bits per heavy atom. The SMILES string of the molecule is BC(c1ccccc1)c1ccccc1.Ic1ccccc1Cc1nccn1CCc1ccccc1. The Hall–Kier alpha value is -3.12. The van der Waals surface area contributed by atoms with Crippen molar-refractivity contribution in [1.82, 2.24) is 9.55 Å². The molecule has 4 heteroatoms. The predicted octanol–water partition coefficient (Wildman–Crippen LogP) is 6.73. The zero-order valence-electron chi connectivity index (χ0n) is 20.1. The zero-order valence-corrected chi connectivity index (χ0v) is 22.3. The first-order chi connectivity index (χ1) is 17.2. The van der Waals surface area contributed by atoms with Crippen molar-refractivity contribution in [2.24, 2.45) is 0 Å². The summed E-state index contributed by atoms with van der Waals surface area (Å²) in [7, 11) is 2.24. The lowest BCUT2D eigenvalue weighted by Gasteiger charge is -2.11. The molecular formula is C31H30BIN2. The van der Waals surface area contributed by atoms with Crippen LogP contribution in [0.25, 0.3) is 0 Å². The maximum Gasteiger partial charge on any atom is 0.116 e. The molecule has 0 N–H and O–H groups in total. The third-order valence-corrected chi connectivity index (χ3v) is 7.24. The van der Waals surface area contributed by atoms with Crippen LogP contribution < -0.4 is 0 Å². The number of hydrogen-bond acceptors (Lipinski definition) is 1. The normalized spacial score (nSPS) is 10.6. The number of benzene rings is 4. The molecule has 1 heterocycles. The Morgan fingerprint density at radius 1 is 0.714 bits per heavy atom. The van der Waals surface area contributed by atoms with Crippen LogP contribution in [-0.2, 0) is 19.4 Å². The van der Waals surface area contributed by atoms with Gasteiger partial charge in [-0.1, -0.05) is 109 Å². The minimum absolute atomic E-state index is 0.484. The van der Waals surface area contributed by atoms with Crippen LogP contribution in [-0.4, -0.2) is 17.4 Å². The van der Waals surface area contributed by atoms with E-state index in [0.29, 0.717) is 5.82 Å². The van der Waals surface area contributed by atoms with Crippen LogP contribution in [0.5, 0.6) is 0 Å². The van der Waals surface area contributed by atoms with Crippen molar-refractivity contribution in [2.45, 2.75) is 25.2 Å². The average Bonchev–Trinajstić information content (AvgIpc) is 3.37. The van der Waals surface area contributed by atoms with Gasteiger partial charge in [0.05, 0.1) is 0 Å².